The Bertz CT molecular complexity index is 327. The van der Waals surface area contributed by atoms with Crippen molar-refractivity contribution in [3.8, 4) is 0 Å². The van der Waals surface area contributed by atoms with E-state index in [0.29, 0.717) is 0 Å². The Morgan fingerprint density at radius 2 is 2.36 bits per heavy atom. The van der Waals surface area contributed by atoms with E-state index >= 15 is 0 Å². The Morgan fingerprint density at radius 3 is 2.93 bits per heavy atom. The van der Waals surface area contributed by atoms with Gasteiger partial charge in [-0.25, -0.2) is 0 Å². The van der Waals surface area contributed by atoms with Crippen LogP contribution in [0, 0.1) is 0 Å². The van der Waals surface area contributed by atoms with Crippen molar-refractivity contribution in [1.82, 2.24) is 0 Å². The lowest BCUT2D eigenvalue weighted by molar-refractivity contribution is 0.979. The predicted molar refractivity (Wildman–Crippen MR) is 67.4 cm³/mol. The molecule has 0 saturated carbocycles. The minimum atomic E-state index is 1.07. The van der Waals surface area contributed by atoms with Crippen LogP contribution in [-0.2, 0) is 0 Å². The standard InChI is InChI=1S/C13H15Br/c1-3-7-13(14)10-11(2)12-8-5-4-6-9-12/h3-5,7-8,10H,2,6,9H2,1H3/b7-3-,13-10+. The highest BCUT2D eigenvalue weighted by Gasteiger charge is 2.01. The van der Waals surface area contributed by atoms with Gasteiger partial charge in [0.15, 0.2) is 0 Å². The highest BCUT2D eigenvalue weighted by Crippen LogP contribution is 2.22. The second kappa shape index (κ2) is 5.82. The first kappa shape index (κ1) is 11.3. The molecule has 1 aliphatic rings. The van der Waals surface area contributed by atoms with Crippen molar-refractivity contribution >= 4 is 15.9 Å². The number of hydrogen-bond acceptors (Lipinski definition) is 0. The van der Waals surface area contributed by atoms with Gasteiger partial charge in [-0.1, -0.05) is 52.9 Å². The summed E-state index contributed by atoms with van der Waals surface area (Å²) in [4.78, 5) is 0. The summed E-state index contributed by atoms with van der Waals surface area (Å²) in [6.07, 6.45) is 14.7. The third-order valence-corrected chi connectivity index (χ3v) is 2.56. The van der Waals surface area contributed by atoms with Gasteiger partial charge >= 0.3 is 0 Å². The summed E-state index contributed by atoms with van der Waals surface area (Å²) in [6.45, 7) is 6.06. The molecule has 0 N–H and O–H groups in total. The summed E-state index contributed by atoms with van der Waals surface area (Å²) >= 11 is 3.47. The summed E-state index contributed by atoms with van der Waals surface area (Å²) in [7, 11) is 0. The molecule has 74 valence electrons. The van der Waals surface area contributed by atoms with E-state index in [1.807, 2.05) is 19.1 Å². The van der Waals surface area contributed by atoms with Gasteiger partial charge in [0, 0.05) is 4.48 Å². The minimum Gasteiger partial charge on any atom is -0.0914 e. The second-order valence-electron chi connectivity index (χ2n) is 3.21. The molecule has 0 atom stereocenters. The normalized spacial score (nSPS) is 17.3. The third kappa shape index (κ3) is 3.51. The zero-order valence-electron chi connectivity index (χ0n) is 8.46. The maximum absolute atomic E-state index is 4.06. The molecule has 0 nitrogen and oxygen atoms in total. The molecule has 1 rings (SSSR count). The Labute approximate surface area is 94.5 Å². The van der Waals surface area contributed by atoms with Crippen LogP contribution in [0.2, 0.25) is 0 Å². The molecule has 0 spiro atoms. The molecule has 1 heteroatoms. The van der Waals surface area contributed by atoms with Crippen LogP contribution >= 0.6 is 15.9 Å². The van der Waals surface area contributed by atoms with Gasteiger partial charge in [0.25, 0.3) is 0 Å². The van der Waals surface area contributed by atoms with E-state index in [9.17, 15) is 0 Å². The van der Waals surface area contributed by atoms with Crippen molar-refractivity contribution in [2.24, 2.45) is 0 Å². The van der Waals surface area contributed by atoms with Crippen LogP contribution in [-0.4, -0.2) is 0 Å². The lowest BCUT2D eigenvalue weighted by Crippen LogP contribution is -1.89. The van der Waals surface area contributed by atoms with E-state index in [4.69, 9.17) is 0 Å². The summed E-state index contributed by atoms with van der Waals surface area (Å²) in [5.74, 6) is 0. The Balaban J connectivity index is 2.70. The fourth-order valence-electron chi connectivity index (χ4n) is 1.34. The van der Waals surface area contributed by atoms with Crippen molar-refractivity contribution in [3.05, 3.63) is 58.7 Å². The molecular formula is C13H15Br. The highest BCUT2D eigenvalue weighted by atomic mass is 79.9. The molecule has 0 heterocycles. The van der Waals surface area contributed by atoms with E-state index in [-0.39, 0.29) is 0 Å². The van der Waals surface area contributed by atoms with Crippen LogP contribution in [0.1, 0.15) is 19.8 Å². The monoisotopic (exact) mass is 250 g/mol. The van der Waals surface area contributed by atoms with Crippen molar-refractivity contribution in [3.63, 3.8) is 0 Å². The summed E-state index contributed by atoms with van der Waals surface area (Å²) in [5.41, 5.74) is 2.42. The lowest BCUT2D eigenvalue weighted by Gasteiger charge is -2.08. The minimum absolute atomic E-state index is 1.07. The first-order chi connectivity index (χ1) is 6.74. The molecule has 0 aromatic carbocycles. The van der Waals surface area contributed by atoms with Crippen molar-refractivity contribution < 1.29 is 0 Å². The van der Waals surface area contributed by atoms with E-state index in [2.05, 4.69) is 46.8 Å². The average Bonchev–Trinajstić information content (AvgIpc) is 2.19. The fourth-order valence-corrected chi connectivity index (χ4v) is 1.88. The molecule has 0 radical (unpaired) electrons. The van der Waals surface area contributed by atoms with Gasteiger partial charge in [-0.15, -0.1) is 0 Å². The highest BCUT2D eigenvalue weighted by molar-refractivity contribution is 9.11. The Hall–Kier alpha value is -0.820. The maximum Gasteiger partial charge on any atom is 0.0177 e. The van der Waals surface area contributed by atoms with Crippen molar-refractivity contribution in [2.45, 2.75) is 19.8 Å². The summed E-state index contributed by atoms with van der Waals surface area (Å²) < 4.78 is 1.07. The van der Waals surface area contributed by atoms with Crippen LogP contribution in [0.4, 0.5) is 0 Å². The van der Waals surface area contributed by atoms with Crippen LogP contribution in [0.3, 0.4) is 0 Å². The quantitative estimate of drug-likeness (QED) is 0.639. The lowest BCUT2D eigenvalue weighted by atomic mass is 9.98. The van der Waals surface area contributed by atoms with Crippen LogP contribution in [0.15, 0.2) is 58.7 Å². The predicted octanol–water partition coefficient (Wildman–Crippen LogP) is 4.67. The molecule has 0 unspecified atom stereocenters. The summed E-state index contributed by atoms with van der Waals surface area (Å²) in [6, 6.07) is 0. The molecular weight excluding hydrogens is 236 g/mol. The van der Waals surface area contributed by atoms with Gasteiger partial charge in [0.2, 0.25) is 0 Å². The largest absolute Gasteiger partial charge is 0.0914 e. The average molecular weight is 251 g/mol. The van der Waals surface area contributed by atoms with Gasteiger partial charge in [0.1, 0.15) is 0 Å². The zero-order chi connectivity index (χ0) is 10.4. The second-order valence-corrected chi connectivity index (χ2v) is 4.13. The van der Waals surface area contributed by atoms with Crippen molar-refractivity contribution in [1.29, 1.82) is 0 Å². The van der Waals surface area contributed by atoms with E-state index < -0.39 is 0 Å². The van der Waals surface area contributed by atoms with Gasteiger partial charge < -0.3 is 0 Å². The first-order valence-electron chi connectivity index (χ1n) is 4.79. The van der Waals surface area contributed by atoms with Gasteiger partial charge in [-0.2, -0.15) is 0 Å². The van der Waals surface area contributed by atoms with Gasteiger partial charge in [-0.05, 0) is 37.0 Å². The molecule has 0 fully saturated rings. The van der Waals surface area contributed by atoms with E-state index in [1.165, 1.54) is 5.57 Å². The molecule has 0 amide bonds. The zero-order valence-corrected chi connectivity index (χ0v) is 10.0. The Kier molecular flexibility index (Phi) is 4.68. The number of allylic oxidation sites excluding steroid dienone is 9. The fraction of sp³-hybridized carbons (Fsp3) is 0.231. The molecule has 1 aliphatic carbocycles. The van der Waals surface area contributed by atoms with Crippen molar-refractivity contribution in [2.75, 3.05) is 0 Å². The topological polar surface area (TPSA) is 0 Å². The Morgan fingerprint density at radius 1 is 1.57 bits per heavy atom. The molecule has 14 heavy (non-hydrogen) atoms. The first-order valence-corrected chi connectivity index (χ1v) is 5.58. The number of halogens is 1. The molecule has 0 aliphatic heterocycles. The van der Waals surface area contributed by atoms with E-state index in [0.717, 1.165) is 22.9 Å². The molecule has 0 aromatic rings. The maximum atomic E-state index is 4.06. The van der Waals surface area contributed by atoms with Crippen LogP contribution < -0.4 is 0 Å². The number of hydrogen-bond donors (Lipinski definition) is 0. The smallest absolute Gasteiger partial charge is 0.0177 e. The van der Waals surface area contributed by atoms with Crippen LogP contribution in [0.5, 0.6) is 0 Å². The molecule has 0 aromatic heterocycles. The van der Waals surface area contributed by atoms with Gasteiger partial charge in [-0.3, -0.25) is 0 Å². The third-order valence-electron chi connectivity index (χ3n) is 2.06. The van der Waals surface area contributed by atoms with Gasteiger partial charge in [0.05, 0.1) is 0 Å². The van der Waals surface area contributed by atoms with Crippen LogP contribution in [0.25, 0.3) is 0 Å². The molecule has 0 saturated heterocycles. The SMILES string of the molecule is C=C(/C=C(Br)\C=C/C)C1=CC=CCC1. The molecule has 0 bridgehead atoms. The van der Waals surface area contributed by atoms with E-state index in [1.54, 1.807) is 0 Å². The summed E-state index contributed by atoms with van der Waals surface area (Å²) in [5, 5.41) is 0. The number of rotatable bonds is 3.